The minimum Gasteiger partial charge on any atom is -0.359 e. The summed E-state index contributed by atoms with van der Waals surface area (Å²) >= 11 is 0. The molecule has 3 nitrogen and oxygen atoms in total. The SMILES string of the molecule is CCc1cc(C(C)N)on1.Cl. The van der Waals surface area contributed by atoms with E-state index in [1.165, 1.54) is 0 Å². The van der Waals surface area contributed by atoms with E-state index in [0.29, 0.717) is 0 Å². The van der Waals surface area contributed by atoms with Crippen LogP contribution in [0, 0.1) is 0 Å². The molecule has 1 aromatic heterocycles. The van der Waals surface area contributed by atoms with Crippen LogP contribution in [0.2, 0.25) is 0 Å². The Morgan fingerprint density at radius 2 is 2.36 bits per heavy atom. The smallest absolute Gasteiger partial charge is 0.153 e. The van der Waals surface area contributed by atoms with E-state index >= 15 is 0 Å². The lowest BCUT2D eigenvalue weighted by molar-refractivity contribution is 0.363. The lowest BCUT2D eigenvalue weighted by Crippen LogP contribution is -2.02. The molecule has 0 aliphatic heterocycles. The molecule has 0 saturated carbocycles. The maximum absolute atomic E-state index is 5.55. The fraction of sp³-hybridized carbons (Fsp3) is 0.571. The molecule has 0 spiro atoms. The Balaban J connectivity index is 0.000001000. The summed E-state index contributed by atoms with van der Waals surface area (Å²) in [4.78, 5) is 0. The van der Waals surface area contributed by atoms with Crippen molar-refractivity contribution < 1.29 is 4.52 Å². The first-order valence-corrected chi connectivity index (χ1v) is 3.45. The van der Waals surface area contributed by atoms with Crippen molar-refractivity contribution in [1.82, 2.24) is 5.16 Å². The van der Waals surface area contributed by atoms with E-state index in [1.54, 1.807) is 0 Å². The molecule has 0 fully saturated rings. The highest BCUT2D eigenvalue weighted by molar-refractivity contribution is 5.85. The number of hydrogen-bond donors (Lipinski definition) is 1. The van der Waals surface area contributed by atoms with Gasteiger partial charge in [-0.1, -0.05) is 12.1 Å². The van der Waals surface area contributed by atoms with Gasteiger partial charge >= 0.3 is 0 Å². The molecule has 1 rings (SSSR count). The predicted octanol–water partition coefficient (Wildman–Crippen LogP) is 1.68. The zero-order chi connectivity index (χ0) is 7.56. The first-order valence-electron chi connectivity index (χ1n) is 3.45. The van der Waals surface area contributed by atoms with E-state index in [-0.39, 0.29) is 18.4 Å². The van der Waals surface area contributed by atoms with Crippen LogP contribution in [0.5, 0.6) is 0 Å². The van der Waals surface area contributed by atoms with Crippen LogP contribution >= 0.6 is 12.4 Å². The Bertz CT molecular complexity index is 210. The first kappa shape index (κ1) is 10.5. The number of aryl methyl sites for hydroxylation is 1. The molecule has 0 radical (unpaired) electrons. The second kappa shape index (κ2) is 4.36. The maximum Gasteiger partial charge on any atom is 0.153 e. The topological polar surface area (TPSA) is 52.0 Å². The standard InChI is InChI=1S/C7H12N2O.ClH/c1-3-6-4-7(5(2)8)10-9-6;/h4-5H,3,8H2,1-2H3;1H. The summed E-state index contributed by atoms with van der Waals surface area (Å²) in [6.07, 6.45) is 0.899. The van der Waals surface area contributed by atoms with E-state index in [0.717, 1.165) is 17.9 Å². The van der Waals surface area contributed by atoms with Crippen molar-refractivity contribution in [2.75, 3.05) is 0 Å². The van der Waals surface area contributed by atoms with Crippen molar-refractivity contribution in [1.29, 1.82) is 0 Å². The Labute approximate surface area is 72.3 Å². The Kier molecular flexibility index (Phi) is 4.15. The molecule has 4 heteroatoms. The number of nitrogens with two attached hydrogens (primary N) is 1. The Hall–Kier alpha value is -0.540. The lowest BCUT2D eigenvalue weighted by atomic mass is 10.2. The molecular weight excluding hydrogens is 164 g/mol. The summed E-state index contributed by atoms with van der Waals surface area (Å²) in [6.45, 7) is 3.91. The van der Waals surface area contributed by atoms with Gasteiger partial charge in [-0.05, 0) is 13.3 Å². The summed E-state index contributed by atoms with van der Waals surface area (Å²) < 4.78 is 4.94. The second-order valence-electron chi connectivity index (χ2n) is 2.36. The molecule has 0 aliphatic carbocycles. The Morgan fingerprint density at radius 1 is 1.73 bits per heavy atom. The fourth-order valence-corrected chi connectivity index (χ4v) is 0.709. The number of aromatic nitrogens is 1. The summed E-state index contributed by atoms with van der Waals surface area (Å²) in [6, 6.07) is 1.85. The normalized spacial score (nSPS) is 12.3. The third-order valence-electron chi connectivity index (χ3n) is 1.39. The van der Waals surface area contributed by atoms with E-state index < -0.39 is 0 Å². The highest BCUT2D eigenvalue weighted by Gasteiger charge is 2.05. The molecule has 1 atom stereocenters. The van der Waals surface area contributed by atoms with Gasteiger partial charge < -0.3 is 10.3 Å². The number of nitrogens with zero attached hydrogens (tertiary/aromatic N) is 1. The average molecular weight is 177 g/mol. The second-order valence-corrected chi connectivity index (χ2v) is 2.36. The van der Waals surface area contributed by atoms with Gasteiger partial charge in [-0.15, -0.1) is 12.4 Å². The van der Waals surface area contributed by atoms with Gasteiger partial charge in [0.15, 0.2) is 5.76 Å². The van der Waals surface area contributed by atoms with Gasteiger partial charge in [0.2, 0.25) is 0 Å². The van der Waals surface area contributed by atoms with Crippen LogP contribution in [0.1, 0.15) is 31.3 Å². The van der Waals surface area contributed by atoms with Crippen LogP contribution in [-0.2, 0) is 6.42 Å². The van der Waals surface area contributed by atoms with E-state index in [2.05, 4.69) is 5.16 Å². The van der Waals surface area contributed by atoms with Crippen molar-refractivity contribution in [3.8, 4) is 0 Å². The molecule has 0 bridgehead atoms. The third kappa shape index (κ3) is 2.52. The van der Waals surface area contributed by atoms with Crippen LogP contribution in [0.15, 0.2) is 10.6 Å². The fourth-order valence-electron chi connectivity index (χ4n) is 0.709. The largest absolute Gasteiger partial charge is 0.359 e. The molecule has 64 valence electrons. The lowest BCUT2D eigenvalue weighted by Gasteiger charge is -1.93. The molecule has 0 aromatic carbocycles. The molecule has 0 amide bonds. The number of rotatable bonds is 2. The quantitative estimate of drug-likeness (QED) is 0.746. The predicted molar refractivity (Wildman–Crippen MR) is 45.7 cm³/mol. The van der Waals surface area contributed by atoms with Crippen LogP contribution < -0.4 is 5.73 Å². The average Bonchev–Trinajstić information content (AvgIpc) is 2.34. The van der Waals surface area contributed by atoms with Gasteiger partial charge in [-0.3, -0.25) is 0 Å². The van der Waals surface area contributed by atoms with Gasteiger partial charge in [-0.2, -0.15) is 0 Å². The van der Waals surface area contributed by atoms with E-state index in [1.807, 2.05) is 19.9 Å². The molecule has 1 unspecified atom stereocenters. The van der Waals surface area contributed by atoms with Gasteiger partial charge in [0.25, 0.3) is 0 Å². The third-order valence-corrected chi connectivity index (χ3v) is 1.39. The molecule has 0 aliphatic rings. The highest BCUT2D eigenvalue weighted by atomic mass is 35.5. The minimum absolute atomic E-state index is 0. The van der Waals surface area contributed by atoms with E-state index in [4.69, 9.17) is 10.3 Å². The molecule has 1 aromatic rings. The van der Waals surface area contributed by atoms with Gasteiger partial charge in [0, 0.05) is 6.07 Å². The number of halogens is 1. The summed E-state index contributed by atoms with van der Waals surface area (Å²) in [5, 5.41) is 3.80. The highest BCUT2D eigenvalue weighted by Crippen LogP contribution is 2.10. The van der Waals surface area contributed by atoms with Crippen LogP contribution in [0.4, 0.5) is 0 Å². The zero-order valence-electron chi connectivity index (χ0n) is 6.70. The molecule has 0 saturated heterocycles. The van der Waals surface area contributed by atoms with Crippen molar-refractivity contribution in [3.63, 3.8) is 0 Å². The summed E-state index contributed by atoms with van der Waals surface area (Å²) in [5.41, 5.74) is 6.51. The van der Waals surface area contributed by atoms with Crippen molar-refractivity contribution in [3.05, 3.63) is 17.5 Å². The van der Waals surface area contributed by atoms with Crippen LogP contribution in [0.3, 0.4) is 0 Å². The summed E-state index contributed by atoms with van der Waals surface area (Å²) in [7, 11) is 0. The van der Waals surface area contributed by atoms with E-state index in [9.17, 15) is 0 Å². The van der Waals surface area contributed by atoms with Crippen LogP contribution in [-0.4, -0.2) is 5.16 Å². The van der Waals surface area contributed by atoms with Gasteiger partial charge in [-0.25, -0.2) is 0 Å². The van der Waals surface area contributed by atoms with Gasteiger partial charge in [0.1, 0.15) is 0 Å². The molecule has 2 N–H and O–H groups in total. The molecular formula is C7H13ClN2O. The molecule has 11 heavy (non-hydrogen) atoms. The monoisotopic (exact) mass is 176 g/mol. The summed E-state index contributed by atoms with van der Waals surface area (Å²) in [5.74, 6) is 0.761. The minimum atomic E-state index is -0.0483. The number of hydrogen-bond acceptors (Lipinski definition) is 3. The van der Waals surface area contributed by atoms with Crippen molar-refractivity contribution in [2.24, 2.45) is 5.73 Å². The van der Waals surface area contributed by atoms with Crippen LogP contribution in [0.25, 0.3) is 0 Å². The first-order chi connectivity index (χ1) is 4.74. The zero-order valence-corrected chi connectivity index (χ0v) is 7.52. The van der Waals surface area contributed by atoms with Gasteiger partial charge in [0.05, 0.1) is 11.7 Å². The van der Waals surface area contributed by atoms with Crippen molar-refractivity contribution >= 4 is 12.4 Å². The maximum atomic E-state index is 5.55. The Morgan fingerprint density at radius 3 is 2.64 bits per heavy atom. The molecule has 1 heterocycles. The van der Waals surface area contributed by atoms with Crippen molar-refractivity contribution in [2.45, 2.75) is 26.3 Å².